The van der Waals surface area contributed by atoms with Crippen molar-refractivity contribution in [2.45, 2.75) is 30.8 Å². The van der Waals surface area contributed by atoms with Crippen LogP contribution in [0.2, 0.25) is 5.02 Å². The van der Waals surface area contributed by atoms with Crippen molar-refractivity contribution in [1.29, 1.82) is 0 Å². The highest BCUT2D eigenvalue weighted by atomic mass is 35.5. The van der Waals surface area contributed by atoms with Crippen LogP contribution in [-0.2, 0) is 12.8 Å². The summed E-state index contributed by atoms with van der Waals surface area (Å²) < 4.78 is 0. The molecule has 0 fully saturated rings. The molecule has 6 nitrogen and oxygen atoms in total. The van der Waals surface area contributed by atoms with Gasteiger partial charge in [0.15, 0.2) is 5.16 Å². The first-order valence-corrected chi connectivity index (χ1v) is 10.6. The molecule has 0 unspecified atom stereocenters. The SMILES string of the molecule is CSc1nc(Nc2ccc([N+](=O)[O-])cc2Cl)c2c3c(sc2n1)CCCC3. The van der Waals surface area contributed by atoms with Crippen LogP contribution >= 0.6 is 34.7 Å². The summed E-state index contributed by atoms with van der Waals surface area (Å²) in [5, 5.41) is 16.2. The minimum absolute atomic E-state index is 0.0360. The molecular weight excluding hydrogens is 392 g/mol. The summed E-state index contributed by atoms with van der Waals surface area (Å²) in [6.07, 6.45) is 6.43. The van der Waals surface area contributed by atoms with E-state index in [-0.39, 0.29) is 5.69 Å². The average Bonchev–Trinajstić information content (AvgIpc) is 3.01. The third-order valence-corrected chi connectivity index (χ3v) is 6.44. The number of nitro benzene ring substituents is 1. The Labute approximate surface area is 163 Å². The van der Waals surface area contributed by atoms with Crippen molar-refractivity contribution in [3.05, 3.63) is 43.8 Å². The van der Waals surface area contributed by atoms with Gasteiger partial charge in [0, 0.05) is 17.0 Å². The summed E-state index contributed by atoms with van der Waals surface area (Å²) in [5.74, 6) is 0.717. The molecule has 0 saturated heterocycles. The maximum Gasteiger partial charge on any atom is 0.271 e. The van der Waals surface area contributed by atoms with E-state index in [4.69, 9.17) is 11.6 Å². The van der Waals surface area contributed by atoms with E-state index in [0.29, 0.717) is 15.9 Å². The van der Waals surface area contributed by atoms with Crippen molar-refractivity contribution in [3.63, 3.8) is 0 Å². The number of aryl methyl sites for hydroxylation is 2. The fraction of sp³-hybridized carbons (Fsp3) is 0.294. The van der Waals surface area contributed by atoms with Crippen LogP contribution in [0.5, 0.6) is 0 Å². The van der Waals surface area contributed by atoms with E-state index in [1.807, 2.05) is 6.26 Å². The Morgan fingerprint density at radius 3 is 2.85 bits per heavy atom. The minimum atomic E-state index is -0.459. The van der Waals surface area contributed by atoms with Gasteiger partial charge in [-0.3, -0.25) is 10.1 Å². The van der Waals surface area contributed by atoms with E-state index in [1.54, 1.807) is 17.4 Å². The second-order valence-electron chi connectivity index (χ2n) is 6.00. The van der Waals surface area contributed by atoms with Crippen LogP contribution in [0.3, 0.4) is 0 Å². The van der Waals surface area contributed by atoms with Crippen molar-refractivity contribution < 1.29 is 4.92 Å². The zero-order chi connectivity index (χ0) is 18.3. The highest BCUT2D eigenvalue weighted by Crippen LogP contribution is 2.41. The monoisotopic (exact) mass is 406 g/mol. The van der Waals surface area contributed by atoms with Crippen molar-refractivity contribution in [2.75, 3.05) is 11.6 Å². The summed E-state index contributed by atoms with van der Waals surface area (Å²) >= 11 is 9.48. The molecule has 9 heteroatoms. The first-order valence-electron chi connectivity index (χ1n) is 8.14. The summed E-state index contributed by atoms with van der Waals surface area (Å²) in [5.41, 5.74) is 1.88. The number of hydrogen-bond donors (Lipinski definition) is 1. The normalized spacial score (nSPS) is 13.6. The number of nitrogens with zero attached hydrogens (tertiary/aromatic N) is 3. The summed E-state index contributed by atoms with van der Waals surface area (Å²) in [6.45, 7) is 0. The number of benzene rings is 1. The number of halogens is 1. The van der Waals surface area contributed by atoms with Gasteiger partial charge in [-0.1, -0.05) is 23.4 Å². The molecule has 0 amide bonds. The molecule has 0 spiro atoms. The highest BCUT2D eigenvalue weighted by molar-refractivity contribution is 7.98. The smallest absolute Gasteiger partial charge is 0.271 e. The van der Waals surface area contributed by atoms with E-state index in [1.165, 1.54) is 47.2 Å². The Morgan fingerprint density at radius 1 is 1.31 bits per heavy atom. The van der Waals surface area contributed by atoms with Gasteiger partial charge in [-0.05, 0) is 43.6 Å². The van der Waals surface area contributed by atoms with Gasteiger partial charge in [-0.25, -0.2) is 9.97 Å². The summed E-state index contributed by atoms with van der Waals surface area (Å²) in [7, 11) is 0. The number of rotatable bonds is 4. The number of aromatic nitrogens is 2. The maximum atomic E-state index is 10.9. The Kier molecular flexibility index (Phi) is 4.73. The van der Waals surface area contributed by atoms with E-state index in [2.05, 4.69) is 15.3 Å². The third-order valence-electron chi connectivity index (χ3n) is 4.39. The Hall–Kier alpha value is -1.90. The van der Waals surface area contributed by atoms with Gasteiger partial charge in [-0.2, -0.15) is 0 Å². The molecule has 0 atom stereocenters. The number of non-ortho nitro benzene ring substituents is 1. The molecule has 1 N–H and O–H groups in total. The van der Waals surface area contributed by atoms with Gasteiger partial charge in [0.25, 0.3) is 5.69 Å². The summed E-state index contributed by atoms with van der Waals surface area (Å²) in [4.78, 5) is 22.1. The maximum absolute atomic E-state index is 10.9. The van der Waals surface area contributed by atoms with Crippen molar-refractivity contribution in [2.24, 2.45) is 0 Å². The topological polar surface area (TPSA) is 81.0 Å². The van der Waals surface area contributed by atoms with E-state index < -0.39 is 4.92 Å². The third kappa shape index (κ3) is 3.13. The van der Waals surface area contributed by atoms with Crippen molar-refractivity contribution in [3.8, 4) is 0 Å². The van der Waals surface area contributed by atoms with E-state index >= 15 is 0 Å². The fourth-order valence-electron chi connectivity index (χ4n) is 3.17. The second kappa shape index (κ2) is 7.02. The molecule has 2 heterocycles. The van der Waals surface area contributed by atoms with Crippen LogP contribution in [0.4, 0.5) is 17.2 Å². The van der Waals surface area contributed by atoms with Crippen LogP contribution in [-0.4, -0.2) is 21.1 Å². The molecule has 1 aliphatic carbocycles. The predicted octanol–water partition coefficient (Wildman–Crippen LogP) is 5.60. The standard InChI is InChI=1S/C17H15ClN4O2S2/c1-25-17-20-15(19-12-7-6-9(22(23)24)8-11(12)18)14-10-4-2-3-5-13(10)26-16(14)21-17/h6-8H,2-5H2,1H3,(H,19,20,21). The second-order valence-corrected chi connectivity index (χ2v) is 8.26. The molecular formula is C17H15ClN4O2S2. The largest absolute Gasteiger partial charge is 0.338 e. The summed E-state index contributed by atoms with van der Waals surface area (Å²) in [6, 6.07) is 4.40. The van der Waals surface area contributed by atoms with Gasteiger partial charge in [-0.15, -0.1) is 11.3 Å². The number of hydrogen-bond acceptors (Lipinski definition) is 7. The first kappa shape index (κ1) is 17.5. The molecule has 0 bridgehead atoms. The van der Waals surface area contributed by atoms with Crippen LogP contribution in [0.25, 0.3) is 10.2 Å². The lowest BCUT2D eigenvalue weighted by Crippen LogP contribution is -2.02. The van der Waals surface area contributed by atoms with Crippen molar-refractivity contribution >= 4 is 62.1 Å². The number of nitro groups is 1. The lowest BCUT2D eigenvalue weighted by atomic mass is 9.97. The first-order chi connectivity index (χ1) is 12.6. The molecule has 3 aromatic rings. The lowest BCUT2D eigenvalue weighted by molar-refractivity contribution is -0.384. The zero-order valence-corrected chi connectivity index (χ0v) is 16.3. The molecule has 1 aliphatic rings. The van der Waals surface area contributed by atoms with Gasteiger partial charge < -0.3 is 5.32 Å². The number of fused-ring (bicyclic) bond motifs is 3. The van der Waals surface area contributed by atoms with Crippen LogP contribution in [0, 0.1) is 10.1 Å². The van der Waals surface area contributed by atoms with Crippen LogP contribution < -0.4 is 5.32 Å². The number of anilines is 2. The van der Waals surface area contributed by atoms with E-state index in [9.17, 15) is 10.1 Å². The van der Waals surface area contributed by atoms with Crippen LogP contribution in [0.15, 0.2) is 23.4 Å². The minimum Gasteiger partial charge on any atom is -0.338 e. The molecule has 0 radical (unpaired) electrons. The zero-order valence-electron chi connectivity index (χ0n) is 13.9. The average molecular weight is 407 g/mol. The number of nitrogens with one attached hydrogen (secondary N) is 1. The van der Waals surface area contributed by atoms with Gasteiger partial charge in [0.1, 0.15) is 10.6 Å². The quantitative estimate of drug-likeness (QED) is 0.263. The molecule has 26 heavy (non-hydrogen) atoms. The molecule has 0 saturated carbocycles. The molecule has 2 aromatic heterocycles. The number of thiophene rings is 1. The van der Waals surface area contributed by atoms with Gasteiger partial charge in [0.05, 0.1) is 21.0 Å². The number of thioether (sulfide) groups is 1. The van der Waals surface area contributed by atoms with Gasteiger partial charge in [0.2, 0.25) is 0 Å². The molecule has 4 rings (SSSR count). The highest BCUT2D eigenvalue weighted by Gasteiger charge is 2.22. The molecule has 134 valence electrons. The Balaban J connectivity index is 1.83. The Bertz CT molecular complexity index is 1020. The lowest BCUT2D eigenvalue weighted by Gasteiger charge is -2.13. The Morgan fingerprint density at radius 2 is 2.12 bits per heavy atom. The van der Waals surface area contributed by atoms with E-state index in [0.717, 1.165) is 28.9 Å². The molecule has 0 aliphatic heterocycles. The van der Waals surface area contributed by atoms with Crippen LogP contribution in [0.1, 0.15) is 23.3 Å². The fourth-order valence-corrected chi connectivity index (χ4v) is 5.07. The predicted molar refractivity (Wildman–Crippen MR) is 107 cm³/mol. The molecule has 1 aromatic carbocycles. The van der Waals surface area contributed by atoms with Crippen molar-refractivity contribution in [1.82, 2.24) is 9.97 Å². The van der Waals surface area contributed by atoms with Gasteiger partial charge >= 0.3 is 0 Å².